The van der Waals surface area contributed by atoms with Crippen molar-refractivity contribution in [1.29, 1.82) is 0 Å². The first kappa shape index (κ1) is 14.3. The molecule has 0 spiro atoms. The molecule has 2 aromatic rings. The number of hydrogen-bond acceptors (Lipinski definition) is 5. The molecule has 2 rings (SSSR count). The number of rotatable bonds is 6. The average Bonchev–Trinajstić information content (AvgIpc) is 2.81. The quantitative estimate of drug-likeness (QED) is 0.841. The third-order valence-corrected chi connectivity index (χ3v) is 3.90. The lowest BCUT2D eigenvalue weighted by atomic mass is 10.4. The molecule has 0 unspecified atom stereocenters. The molecule has 2 aromatic heterocycles. The zero-order chi connectivity index (χ0) is 14.6. The first-order valence-electron chi connectivity index (χ1n) is 6.23. The number of anilines is 2. The Labute approximate surface area is 118 Å². The zero-order valence-electron chi connectivity index (χ0n) is 11.4. The second kappa shape index (κ2) is 5.91. The first-order chi connectivity index (χ1) is 9.51. The largest absolute Gasteiger partial charge is 0.370 e. The molecule has 8 heteroatoms. The van der Waals surface area contributed by atoms with Crippen LogP contribution in [-0.2, 0) is 17.1 Å². The molecule has 0 amide bonds. The Hall–Kier alpha value is -2.09. The lowest BCUT2D eigenvalue weighted by Gasteiger charge is -2.08. The van der Waals surface area contributed by atoms with Crippen LogP contribution in [0.4, 0.5) is 11.6 Å². The van der Waals surface area contributed by atoms with Gasteiger partial charge >= 0.3 is 0 Å². The Morgan fingerprint density at radius 3 is 2.75 bits per heavy atom. The van der Waals surface area contributed by atoms with Gasteiger partial charge < -0.3 is 5.32 Å². The van der Waals surface area contributed by atoms with Gasteiger partial charge in [0.1, 0.15) is 5.82 Å². The van der Waals surface area contributed by atoms with Crippen LogP contribution in [0.5, 0.6) is 0 Å². The molecule has 0 atom stereocenters. The van der Waals surface area contributed by atoms with E-state index in [1.54, 1.807) is 19.3 Å². The highest BCUT2D eigenvalue weighted by molar-refractivity contribution is 7.92. The van der Waals surface area contributed by atoms with Crippen molar-refractivity contribution in [3.8, 4) is 0 Å². The minimum Gasteiger partial charge on any atom is -0.370 e. The maximum absolute atomic E-state index is 12.2. The summed E-state index contributed by atoms with van der Waals surface area (Å²) < 4.78 is 28.4. The predicted molar refractivity (Wildman–Crippen MR) is 77.0 cm³/mol. The van der Waals surface area contributed by atoms with Gasteiger partial charge in [-0.1, -0.05) is 6.92 Å². The molecule has 0 bridgehead atoms. The molecule has 0 aromatic carbocycles. The molecular formula is C12H17N5O2S. The Bertz CT molecular complexity index is 681. The van der Waals surface area contributed by atoms with E-state index in [0.29, 0.717) is 5.82 Å². The second-order valence-electron chi connectivity index (χ2n) is 4.28. The molecule has 0 aliphatic carbocycles. The summed E-state index contributed by atoms with van der Waals surface area (Å²) in [5, 5.41) is 7.04. The van der Waals surface area contributed by atoms with Crippen molar-refractivity contribution in [2.45, 2.75) is 18.2 Å². The number of pyridine rings is 1. The Balaban J connectivity index is 2.20. The predicted octanol–water partition coefficient (Wildman–Crippen LogP) is 1.44. The highest BCUT2D eigenvalue weighted by Gasteiger charge is 2.16. The normalized spacial score (nSPS) is 11.3. The maximum atomic E-state index is 12.2. The van der Waals surface area contributed by atoms with Crippen LogP contribution in [0.25, 0.3) is 0 Å². The van der Waals surface area contributed by atoms with Crippen LogP contribution >= 0.6 is 0 Å². The van der Waals surface area contributed by atoms with E-state index in [0.717, 1.165) is 13.0 Å². The fourth-order valence-corrected chi connectivity index (χ4v) is 2.60. The zero-order valence-corrected chi connectivity index (χ0v) is 12.2. The highest BCUT2D eigenvalue weighted by atomic mass is 32.2. The third kappa shape index (κ3) is 3.47. The summed E-state index contributed by atoms with van der Waals surface area (Å²) in [6, 6.07) is 4.54. The molecular weight excluding hydrogens is 278 g/mol. The summed E-state index contributed by atoms with van der Waals surface area (Å²) in [5.41, 5.74) is 0. The monoisotopic (exact) mass is 295 g/mol. The van der Waals surface area contributed by atoms with E-state index in [-0.39, 0.29) is 10.7 Å². The summed E-state index contributed by atoms with van der Waals surface area (Å²) in [4.78, 5) is 4.23. The molecule has 0 saturated heterocycles. The topological polar surface area (TPSA) is 88.9 Å². The summed E-state index contributed by atoms with van der Waals surface area (Å²) in [5.74, 6) is 0.822. The van der Waals surface area contributed by atoms with Crippen molar-refractivity contribution in [1.82, 2.24) is 14.8 Å². The van der Waals surface area contributed by atoms with Gasteiger partial charge in [-0.25, -0.2) is 13.4 Å². The van der Waals surface area contributed by atoms with Crippen LogP contribution in [0.15, 0.2) is 35.5 Å². The van der Waals surface area contributed by atoms with Crippen molar-refractivity contribution in [3.63, 3.8) is 0 Å². The van der Waals surface area contributed by atoms with Crippen LogP contribution in [0.2, 0.25) is 0 Å². The van der Waals surface area contributed by atoms with Gasteiger partial charge in [0, 0.05) is 38.1 Å². The van der Waals surface area contributed by atoms with Crippen LogP contribution in [-0.4, -0.2) is 29.7 Å². The van der Waals surface area contributed by atoms with Gasteiger partial charge in [0.2, 0.25) is 0 Å². The van der Waals surface area contributed by atoms with Gasteiger partial charge in [0.15, 0.2) is 5.82 Å². The Morgan fingerprint density at radius 1 is 1.30 bits per heavy atom. The second-order valence-corrected chi connectivity index (χ2v) is 5.97. The molecule has 0 aliphatic rings. The number of hydrogen-bond donors (Lipinski definition) is 2. The van der Waals surface area contributed by atoms with Crippen LogP contribution in [0, 0.1) is 0 Å². The summed E-state index contributed by atoms with van der Waals surface area (Å²) >= 11 is 0. The van der Waals surface area contributed by atoms with E-state index in [1.807, 2.05) is 6.92 Å². The van der Waals surface area contributed by atoms with E-state index in [2.05, 4.69) is 20.1 Å². The standard InChI is InChI=1S/C12H17N5O2S/c1-3-6-13-12-9-10(4-7-14-12)20(18,19)16-11-5-8-17(2)15-11/h4-5,7-9H,3,6H2,1-2H3,(H,13,14)(H,15,16). The molecule has 0 aliphatic heterocycles. The van der Waals surface area contributed by atoms with Crippen LogP contribution < -0.4 is 10.0 Å². The smallest absolute Gasteiger partial charge is 0.263 e. The lowest BCUT2D eigenvalue weighted by Crippen LogP contribution is -2.14. The van der Waals surface area contributed by atoms with Crippen LogP contribution in [0.1, 0.15) is 13.3 Å². The SMILES string of the molecule is CCCNc1cc(S(=O)(=O)Nc2ccn(C)n2)ccn1. The molecule has 2 N–H and O–H groups in total. The van der Waals surface area contributed by atoms with Crippen molar-refractivity contribution >= 4 is 21.7 Å². The molecule has 20 heavy (non-hydrogen) atoms. The molecule has 0 fully saturated rings. The molecule has 2 heterocycles. The summed E-state index contributed by atoms with van der Waals surface area (Å²) in [6.07, 6.45) is 4.06. The fraction of sp³-hybridized carbons (Fsp3) is 0.333. The molecule has 108 valence electrons. The minimum atomic E-state index is -3.65. The molecule has 0 radical (unpaired) electrons. The van der Waals surface area contributed by atoms with Crippen molar-refractivity contribution in [2.75, 3.05) is 16.6 Å². The van der Waals surface area contributed by atoms with Gasteiger partial charge in [-0.3, -0.25) is 9.40 Å². The lowest BCUT2D eigenvalue weighted by molar-refractivity contribution is 0.600. The number of aromatic nitrogens is 3. The van der Waals surface area contributed by atoms with E-state index < -0.39 is 10.0 Å². The number of nitrogens with zero attached hydrogens (tertiary/aromatic N) is 3. The molecule has 7 nitrogen and oxygen atoms in total. The summed E-state index contributed by atoms with van der Waals surface area (Å²) in [7, 11) is -1.93. The van der Waals surface area contributed by atoms with Gasteiger partial charge in [-0.05, 0) is 12.5 Å². The van der Waals surface area contributed by atoms with E-state index in [1.165, 1.54) is 23.0 Å². The molecule has 0 saturated carbocycles. The van der Waals surface area contributed by atoms with Crippen molar-refractivity contribution < 1.29 is 8.42 Å². The fourth-order valence-electron chi connectivity index (χ4n) is 1.59. The minimum absolute atomic E-state index is 0.150. The van der Waals surface area contributed by atoms with E-state index in [9.17, 15) is 8.42 Å². The van der Waals surface area contributed by atoms with Crippen LogP contribution in [0.3, 0.4) is 0 Å². The Kier molecular flexibility index (Phi) is 4.23. The maximum Gasteiger partial charge on any atom is 0.263 e. The van der Waals surface area contributed by atoms with Gasteiger partial charge in [-0.2, -0.15) is 5.10 Å². The number of nitrogens with one attached hydrogen (secondary N) is 2. The first-order valence-corrected chi connectivity index (χ1v) is 7.72. The van der Waals surface area contributed by atoms with E-state index >= 15 is 0 Å². The Morgan fingerprint density at radius 2 is 2.10 bits per heavy atom. The van der Waals surface area contributed by atoms with Gasteiger partial charge in [0.25, 0.3) is 10.0 Å². The summed E-state index contributed by atoms with van der Waals surface area (Å²) in [6.45, 7) is 2.76. The van der Waals surface area contributed by atoms with Gasteiger partial charge in [0.05, 0.1) is 4.90 Å². The van der Waals surface area contributed by atoms with E-state index in [4.69, 9.17) is 0 Å². The number of aryl methyl sites for hydroxylation is 1. The highest BCUT2D eigenvalue weighted by Crippen LogP contribution is 2.16. The van der Waals surface area contributed by atoms with Crippen molar-refractivity contribution in [2.24, 2.45) is 7.05 Å². The third-order valence-electron chi connectivity index (χ3n) is 2.55. The van der Waals surface area contributed by atoms with Gasteiger partial charge in [-0.15, -0.1) is 0 Å². The number of sulfonamides is 1. The van der Waals surface area contributed by atoms with Crippen molar-refractivity contribution in [3.05, 3.63) is 30.6 Å². The average molecular weight is 295 g/mol.